The van der Waals surface area contributed by atoms with Gasteiger partial charge in [0.25, 0.3) is 0 Å². The van der Waals surface area contributed by atoms with Crippen molar-refractivity contribution in [3.05, 3.63) is 51.6 Å². The number of nitriles is 1. The molecule has 14 nitrogen and oxygen atoms in total. The molecule has 0 radical (unpaired) electrons. The van der Waals surface area contributed by atoms with Crippen molar-refractivity contribution in [3.8, 4) is 23.3 Å². The lowest BCUT2D eigenvalue weighted by Crippen LogP contribution is -2.60. The van der Waals surface area contributed by atoms with Gasteiger partial charge in [-0.15, -0.1) is 0 Å². The zero-order valence-corrected chi connectivity index (χ0v) is 25.3. The quantitative estimate of drug-likeness (QED) is 0.180. The van der Waals surface area contributed by atoms with E-state index < -0.39 is 78.7 Å². The van der Waals surface area contributed by atoms with Crippen molar-refractivity contribution >= 4 is 11.5 Å². The largest absolute Gasteiger partial charge is 0.507 e. The molecule has 3 unspecified atom stereocenters. The molecule has 2 aliphatic heterocycles. The number of ketones is 1. The number of phenolic OH excluding ortho intramolecular Hbond substituents is 2. The third kappa shape index (κ3) is 5.04. The van der Waals surface area contributed by atoms with E-state index in [2.05, 4.69) is 6.07 Å². The Bertz CT molecular complexity index is 1610. The minimum Gasteiger partial charge on any atom is -0.507 e. The molecular weight excluding hydrogens is 602 g/mol. The number of rotatable bonds is 6. The maximum absolute atomic E-state index is 13.7. The van der Waals surface area contributed by atoms with Crippen LogP contribution in [0.4, 0.5) is 0 Å². The molecule has 46 heavy (non-hydrogen) atoms. The lowest BCUT2D eigenvalue weighted by atomic mass is 9.71. The van der Waals surface area contributed by atoms with Crippen LogP contribution in [0.1, 0.15) is 64.0 Å². The van der Waals surface area contributed by atoms with E-state index in [9.17, 15) is 40.7 Å². The summed E-state index contributed by atoms with van der Waals surface area (Å²) in [5.74, 6) is -1.58. The molecule has 0 aromatic heterocycles. The summed E-state index contributed by atoms with van der Waals surface area (Å²) in [7, 11) is 1.38. The van der Waals surface area contributed by atoms with Gasteiger partial charge in [0.1, 0.15) is 29.4 Å². The number of aliphatic hydroxyl groups is 4. The predicted molar refractivity (Wildman–Crippen MR) is 158 cm³/mol. The highest BCUT2D eigenvalue weighted by Gasteiger charge is 2.50. The van der Waals surface area contributed by atoms with Crippen LogP contribution in [0.15, 0.2) is 18.2 Å². The van der Waals surface area contributed by atoms with Gasteiger partial charge in [0.05, 0.1) is 79.3 Å². The van der Waals surface area contributed by atoms with Crippen molar-refractivity contribution < 1.29 is 54.4 Å². The van der Waals surface area contributed by atoms with E-state index in [4.69, 9.17) is 24.4 Å². The lowest BCUT2D eigenvalue weighted by Gasteiger charge is -2.47. The van der Waals surface area contributed by atoms with Crippen LogP contribution < -0.4 is 4.74 Å². The Kier molecular flexibility index (Phi) is 8.55. The van der Waals surface area contributed by atoms with Gasteiger partial charge in [-0.2, -0.15) is 5.26 Å². The van der Waals surface area contributed by atoms with Crippen LogP contribution in [-0.2, 0) is 20.6 Å². The van der Waals surface area contributed by atoms with Crippen LogP contribution in [0.25, 0.3) is 0 Å². The van der Waals surface area contributed by atoms with Crippen LogP contribution in [0.5, 0.6) is 17.2 Å². The minimum atomic E-state index is -2.06. The van der Waals surface area contributed by atoms with Crippen LogP contribution in [0.2, 0.25) is 0 Å². The average molecular weight is 640 g/mol. The number of aromatic hydroxyl groups is 2. The molecule has 246 valence electrons. The SMILES string of the molecule is COc1cccc2c1C(=N)c1c(O)c3c(c(O)c1C2=O)CC(O)(C(O)CO)CC3O[C@H]1C[C@H](N2CCOC[C@H]2C#N)[C@H](O)[C@H](C)O1. The Balaban J connectivity index is 1.44. The van der Waals surface area contributed by atoms with Gasteiger partial charge in [-0.3, -0.25) is 15.1 Å². The fourth-order valence-corrected chi connectivity index (χ4v) is 7.28. The van der Waals surface area contributed by atoms with Gasteiger partial charge in [-0.1, -0.05) is 12.1 Å². The standard InChI is InChI=1S/C32H37N3O11/c1-14-28(38)18(35-6-7-44-13-15(35)11-33)8-22(45-14)46-20-10-32(42,21(37)12-36)9-17-24(20)31(41)25-26(30(17)40)29(39)16-4-3-5-19(43-2)23(16)27(25)34/h3-5,14-15,18,20-22,28,34,36-38,40-42H,6-10,12-13H2,1-2H3/t14-,15+,18-,20?,21?,22-,28+,32?/m0/s1. The summed E-state index contributed by atoms with van der Waals surface area (Å²) in [6.07, 6.45) is -6.50. The van der Waals surface area contributed by atoms with Crippen LogP contribution >= 0.6 is 0 Å². The Morgan fingerprint density at radius 2 is 2.00 bits per heavy atom. The number of nitrogens with zero attached hydrogens (tertiary/aromatic N) is 2. The van der Waals surface area contributed by atoms with Crippen molar-refractivity contribution in [3.63, 3.8) is 0 Å². The number of ether oxygens (including phenoxy) is 4. The summed E-state index contributed by atoms with van der Waals surface area (Å²) in [6.45, 7) is 1.73. The second-order valence-corrected chi connectivity index (χ2v) is 12.3. The molecule has 2 fully saturated rings. The summed E-state index contributed by atoms with van der Waals surface area (Å²) < 4.78 is 23.2. The monoisotopic (exact) mass is 639 g/mol. The highest BCUT2D eigenvalue weighted by atomic mass is 16.7. The van der Waals surface area contributed by atoms with E-state index in [1.807, 2.05) is 4.90 Å². The molecule has 8 atom stereocenters. The van der Waals surface area contributed by atoms with Gasteiger partial charge < -0.3 is 49.6 Å². The number of methoxy groups -OCH3 is 1. The van der Waals surface area contributed by atoms with E-state index in [-0.39, 0.29) is 64.3 Å². The molecule has 14 heteroatoms. The molecule has 2 aliphatic carbocycles. The number of benzene rings is 2. The fourth-order valence-electron chi connectivity index (χ4n) is 7.28. The van der Waals surface area contributed by atoms with Gasteiger partial charge in [0, 0.05) is 48.5 Å². The molecule has 0 saturated carbocycles. The number of aliphatic hydroxyl groups excluding tert-OH is 3. The second kappa shape index (κ2) is 12.2. The van der Waals surface area contributed by atoms with E-state index >= 15 is 0 Å². The van der Waals surface area contributed by atoms with Gasteiger partial charge >= 0.3 is 0 Å². The second-order valence-electron chi connectivity index (χ2n) is 12.3. The Morgan fingerprint density at radius 3 is 2.70 bits per heavy atom. The summed E-state index contributed by atoms with van der Waals surface area (Å²) >= 11 is 0. The van der Waals surface area contributed by atoms with Gasteiger partial charge in [-0.05, 0) is 13.0 Å². The van der Waals surface area contributed by atoms with Crippen molar-refractivity contribution in [2.24, 2.45) is 0 Å². The summed E-state index contributed by atoms with van der Waals surface area (Å²) in [5, 5.41) is 85.3. The van der Waals surface area contributed by atoms with E-state index in [1.165, 1.54) is 13.2 Å². The van der Waals surface area contributed by atoms with Crippen LogP contribution in [-0.4, -0.2) is 123 Å². The average Bonchev–Trinajstić information content (AvgIpc) is 3.05. The smallest absolute Gasteiger partial charge is 0.198 e. The minimum absolute atomic E-state index is 0.0119. The molecule has 0 bridgehead atoms. The molecule has 0 amide bonds. The van der Waals surface area contributed by atoms with Crippen molar-refractivity contribution in [2.45, 2.75) is 74.6 Å². The summed E-state index contributed by atoms with van der Waals surface area (Å²) in [4.78, 5) is 15.6. The van der Waals surface area contributed by atoms with E-state index in [0.717, 1.165) is 0 Å². The highest BCUT2D eigenvalue weighted by Crippen LogP contribution is 2.53. The molecule has 2 heterocycles. The van der Waals surface area contributed by atoms with Gasteiger partial charge in [0.15, 0.2) is 12.1 Å². The third-order valence-electron chi connectivity index (χ3n) is 9.68. The molecule has 2 saturated heterocycles. The van der Waals surface area contributed by atoms with Crippen molar-refractivity contribution in [1.82, 2.24) is 4.90 Å². The zero-order valence-electron chi connectivity index (χ0n) is 25.3. The summed E-state index contributed by atoms with van der Waals surface area (Å²) in [5.41, 5.74) is -2.80. The van der Waals surface area contributed by atoms with Crippen molar-refractivity contribution in [2.75, 3.05) is 33.5 Å². The first kappa shape index (κ1) is 32.3. The molecule has 6 rings (SSSR count). The first-order valence-electron chi connectivity index (χ1n) is 15.1. The number of carbonyl (C=O) groups is 1. The molecular formula is C32H37N3O11. The predicted octanol–water partition coefficient (Wildman–Crippen LogP) is 0.244. The number of nitrogens with one attached hydrogen (secondary N) is 1. The number of morpholine rings is 1. The van der Waals surface area contributed by atoms with E-state index in [0.29, 0.717) is 13.2 Å². The maximum atomic E-state index is 13.7. The first-order valence-corrected chi connectivity index (χ1v) is 15.1. The number of hydrogen-bond acceptors (Lipinski definition) is 14. The first-order chi connectivity index (χ1) is 21.9. The normalized spacial score (nSPS) is 31.8. The summed E-state index contributed by atoms with van der Waals surface area (Å²) in [6, 6.07) is 5.62. The lowest BCUT2D eigenvalue weighted by molar-refractivity contribution is -0.265. The van der Waals surface area contributed by atoms with Crippen molar-refractivity contribution in [1.29, 1.82) is 10.7 Å². The molecule has 0 spiro atoms. The third-order valence-corrected chi connectivity index (χ3v) is 9.68. The number of phenols is 2. The maximum Gasteiger partial charge on any atom is 0.198 e. The number of carbonyl (C=O) groups excluding carboxylic acids is 1. The zero-order chi connectivity index (χ0) is 33.1. The Hall–Kier alpha value is -3.65. The van der Waals surface area contributed by atoms with Crippen LogP contribution in [0.3, 0.4) is 0 Å². The topological polar surface area (TPSA) is 226 Å². The Labute approximate surface area is 264 Å². The fraction of sp³-hybridized carbons (Fsp3) is 0.531. The number of fused-ring (bicyclic) bond motifs is 3. The van der Waals surface area contributed by atoms with E-state index in [1.54, 1.807) is 19.1 Å². The highest BCUT2D eigenvalue weighted by molar-refractivity contribution is 6.32. The molecule has 2 aromatic carbocycles. The van der Waals surface area contributed by atoms with Crippen LogP contribution in [0, 0.1) is 16.7 Å². The molecule has 4 aliphatic rings. The van der Waals surface area contributed by atoms with Gasteiger partial charge in [-0.25, -0.2) is 0 Å². The Morgan fingerprint density at radius 1 is 1.24 bits per heavy atom. The number of hydrogen-bond donors (Lipinski definition) is 7. The molecule has 2 aromatic rings. The van der Waals surface area contributed by atoms with Gasteiger partial charge in [0.2, 0.25) is 0 Å². The molecule has 7 N–H and O–H groups in total.